The fourth-order valence-electron chi connectivity index (χ4n) is 4.50. The molecule has 0 amide bonds. The highest BCUT2D eigenvalue weighted by molar-refractivity contribution is 5.05. The molecule has 3 aliphatic rings. The predicted molar refractivity (Wildman–Crippen MR) is 77.2 cm³/mol. The fraction of sp³-hybridized carbons (Fsp3) is 1.00. The monoisotopic (exact) mass is 267 g/mol. The van der Waals surface area contributed by atoms with Gasteiger partial charge in [-0.3, -0.25) is 4.90 Å². The average molecular weight is 267 g/mol. The van der Waals surface area contributed by atoms with Crippen LogP contribution in [0.3, 0.4) is 0 Å². The number of nitrogens with two attached hydrogens (primary N) is 1. The molecule has 0 aromatic carbocycles. The summed E-state index contributed by atoms with van der Waals surface area (Å²) in [5.41, 5.74) is 6.52. The standard InChI is InChI=1S/C15H29N3O/c1-2-18(11-14-4-3-9-19-14)15(12-16)6-8-17-7-5-13(15)10-17/h13-14H,2-12,16H2,1H3. The summed E-state index contributed by atoms with van der Waals surface area (Å²) in [5, 5.41) is 0. The normalized spacial score (nSPS) is 42.2. The molecule has 4 heteroatoms. The highest BCUT2D eigenvalue weighted by atomic mass is 16.5. The van der Waals surface area contributed by atoms with Crippen molar-refractivity contribution in [1.29, 1.82) is 0 Å². The minimum Gasteiger partial charge on any atom is -0.377 e. The van der Waals surface area contributed by atoms with Gasteiger partial charge in [-0.2, -0.15) is 0 Å². The molecule has 0 spiro atoms. The minimum atomic E-state index is 0.244. The Labute approximate surface area is 117 Å². The molecule has 0 saturated carbocycles. The van der Waals surface area contributed by atoms with Crippen molar-refractivity contribution in [2.24, 2.45) is 11.7 Å². The Kier molecular flexibility index (Phi) is 4.13. The van der Waals surface area contributed by atoms with E-state index in [1.165, 1.54) is 45.3 Å². The average Bonchev–Trinajstić information content (AvgIpc) is 3.08. The first-order valence-electron chi connectivity index (χ1n) is 8.07. The SMILES string of the molecule is CCN(CC1CCCO1)C1(CN)CCN2CCC1C2. The van der Waals surface area contributed by atoms with Gasteiger partial charge in [0.2, 0.25) is 0 Å². The largest absolute Gasteiger partial charge is 0.377 e. The Bertz CT molecular complexity index is 306. The maximum atomic E-state index is 6.27. The molecule has 2 bridgehead atoms. The first-order valence-corrected chi connectivity index (χ1v) is 8.07. The van der Waals surface area contributed by atoms with Crippen LogP contribution in [-0.4, -0.2) is 67.3 Å². The molecule has 4 nitrogen and oxygen atoms in total. The van der Waals surface area contributed by atoms with E-state index >= 15 is 0 Å². The smallest absolute Gasteiger partial charge is 0.0703 e. The second-order valence-corrected chi connectivity index (χ2v) is 6.52. The van der Waals surface area contributed by atoms with Gasteiger partial charge in [0, 0.05) is 31.8 Å². The van der Waals surface area contributed by atoms with Crippen molar-refractivity contribution < 1.29 is 4.74 Å². The van der Waals surface area contributed by atoms with Crippen LogP contribution >= 0.6 is 0 Å². The van der Waals surface area contributed by atoms with Crippen molar-refractivity contribution in [1.82, 2.24) is 9.80 Å². The Hall–Kier alpha value is -0.160. The number of likely N-dealkylation sites (N-methyl/N-ethyl adjacent to an activating group) is 1. The van der Waals surface area contributed by atoms with Crippen LogP contribution in [0.4, 0.5) is 0 Å². The maximum Gasteiger partial charge on any atom is 0.0703 e. The van der Waals surface area contributed by atoms with E-state index in [-0.39, 0.29) is 5.54 Å². The first kappa shape index (κ1) is 13.8. The number of piperidine rings is 1. The van der Waals surface area contributed by atoms with E-state index in [1.54, 1.807) is 0 Å². The zero-order valence-corrected chi connectivity index (χ0v) is 12.3. The van der Waals surface area contributed by atoms with E-state index in [2.05, 4.69) is 16.7 Å². The van der Waals surface area contributed by atoms with Gasteiger partial charge >= 0.3 is 0 Å². The molecule has 3 saturated heterocycles. The Morgan fingerprint density at radius 2 is 2.26 bits per heavy atom. The Morgan fingerprint density at radius 1 is 1.37 bits per heavy atom. The van der Waals surface area contributed by atoms with Crippen LogP contribution in [0.1, 0.15) is 32.6 Å². The lowest BCUT2D eigenvalue weighted by Crippen LogP contribution is -2.63. The van der Waals surface area contributed by atoms with Gasteiger partial charge in [0.05, 0.1) is 6.10 Å². The van der Waals surface area contributed by atoms with Crippen molar-refractivity contribution in [3.8, 4) is 0 Å². The van der Waals surface area contributed by atoms with Crippen molar-refractivity contribution in [3.05, 3.63) is 0 Å². The van der Waals surface area contributed by atoms with E-state index in [4.69, 9.17) is 10.5 Å². The van der Waals surface area contributed by atoms with Gasteiger partial charge in [-0.25, -0.2) is 0 Å². The molecule has 110 valence electrons. The highest BCUT2D eigenvalue weighted by Crippen LogP contribution is 2.39. The first-order chi connectivity index (χ1) is 9.28. The molecule has 3 heterocycles. The summed E-state index contributed by atoms with van der Waals surface area (Å²) in [6.45, 7) is 10.0. The number of nitrogens with zero attached hydrogens (tertiary/aromatic N) is 2. The zero-order valence-electron chi connectivity index (χ0n) is 12.3. The van der Waals surface area contributed by atoms with Crippen LogP contribution in [0.5, 0.6) is 0 Å². The molecule has 3 fully saturated rings. The molecule has 0 radical (unpaired) electrons. The van der Waals surface area contributed by atoms with E-state index in [9.17, 15) is 0 Å². The number of ether oxygens (including phenoxy) is 1. The molecule has 4 unspecified atom stereocenters. The van der Waals surface area contributed by atoms with Gasteiger partial charge in [-0.1, -0.05) is 6.92 Å². The number of rotatable bonds is 5. The molecule has 0 aromatic heterocycles. The summed E-state index contributed by atoms with van der Waals surface area (Å²) < 4.78 is 5.85. The van der Waals surface area contributed by atoms with E-state index in [0.717, 1.165) is 32.2 Å². The lowest BCUT2D eigenvalue weighted by molar-refractivity contribution is -0.0228. The molecule has 3 aliphatic heterocycles. The lowest BCUT2D eigenvalue weighted by atomic mass is 9.77. The summed E-state index contributed by atoms with van der Waals surface area (Å²) in [6, 6.07) is 0. The zero-order chi connectivity index (χ0) is 13.3. The second-order valence-electron chi connectivity index (χ2n) is 6.52. The molecule has 2 N–H and O–H groups in total. The summed E-state index contributed by atoms with van der Waals surface area (Å²) in [6.07, 6.45) is 5.49. The van der Waals surface area contributed by atoms with Crippen LogP contribution in [-0.2, 0) is 4.74 Å². The summed E-state index contributed by atoms with van der Waals surface area (Å²) >= 11 is 0. The van der Waals surface area contributed by atoms with Gasteiger partial charge in [0.1, 0.15) is 0 Å². The summed E-state index contributed by atoms with van der Waals surface area (Å²) in [5.74, 6) is 0.771. The third-order valence-corrected chi connectivity index (χ3v) is 5.71. The molecular weight excluding hydrogens is 238 g/mol. The van der Waals surface area contributed by atoms with Gasteiger partial charge in [-0.05, 0) is 51.2 Å². The van der Waals surface area contributed by atoms with Crippen molar-refractivity contribution in [2.75, 3.05) is 45.9 Å². The molecule has 0 aromatic rings. The topological polar surface area (TPSA) is 41.7 Å². The van der Waals surface area contributed by atoms with Crippen LogP contribution in [0.15, 0.2) is 0 Å². The van der Waals surface area contributed by atoms with Crippen LogP contribution < -0.4 is 5.73 Å². The Morgan fingerprint density at radius 3 is 2.95 bits per heavy atom. The minimum absolute atomic E-state index is 0.244. The lowest BCUT2D eigenvalue weighted by Gasteiger charge is -2.50. The molecule has 4 atom stereocenters. The molecular formula is C15H29N3O. The maximum absolute atomic E-state index is 6.27. The summed E-state index contributed by atoms with van der Waals surface area (Å²) in [7, 11) is 0. The van der Waals surface area contributed by atoms with Gasteiger partial charge < -0.3 is 15.4 Å². The van der Waals surface area contributed by atoms with Gasteiger partial charge in [0.15, 0.2) is 0 Å². The van der Waals surface area contributed by atoms with Crippen molar-refractivity contribution in [2.45, 2.75) is 44.2 Å². The predicted octanol–water partition coefficient (Wildman–Crippen LogP) is 0.910. The van der Waals surface area contributed by atoms with Crippen LogP contribution in [0.2, 0.25) is 0 Å². The molecule has 19 heavy (non-hydrogen) atoms. The van der Waals surface area contributed by atoms with Crippen molar-refractivity contribution >= 4 is 0 Å². The molecule has 0 aliphatic carbocycles. The summed E-state index contributed by atoms with van der Waals surface area (Å²) in [4.78, 5) is 5.27. The second kappa shape index (κ2) is 5.68. The van der Waals surface area contributed by atoms with E-state index in [1.807, 2.05) is 0 Å². The van der Waals surface area contributed by atoms with E-state index in [0.29, 0.717) is 6.10 Å². The Balaban J connectivity index is 1.74. The van der Waals surface area contributed by atoms with E-state index < -0.39 is 0 Å². The number of fused-ring (bicyclic) bond motifs is 2. The number of hydrogen-bond acceptors (Lipinski definition) is 4. The third kappa shape index (κ3) is 2.44. The van der Waals surface area contributed by atoms with Crippen molar-refractivity contribution in [3.63, 3.8) is 0 Å². The highest BCUT2D eigenvalue weighted by Gasteiger charge is 2.48. The van der Waals surface area contributed by atoms with Crippen LogP contribution in [0.25, 0.3) is 0 Å². The fourth-order valence-corrected chi connectivity index (χ4v) is 4.50. The van der Waals surface area contributed by atoms with Gasteiger partial charge in [-0.15, -0.1) is 0 Å². The number of hydrogen-bond donors (Lipinski definition) is 1. The molecule has 3 rings (SSSR count). The third-order valence-electron chi connectivity index (χ3n) is 5.71. The quantitative estimate of drug-likeness (QED) is 0.804. The van der Waals surface area contributed by atoms with Gasteiger partial charge in [0.25, 0.3) is 0 Å². The van der Waals surface area contributed by atoms with Crippen LogP contribution in [0, 0.1) is 5.92 Å².